The molecule has 0 unspecified atom stereocenters. The summed E-state index contributed by atoms with van der Waals surface area (Å²) in [6.07, 6.45) is -0.676. The highest BCUT2D eigenvalue weighted by Crippen LogP contribution is 2.03. The van der Waals surface area contributed by atoms with Gasteiger partial charge < -0.3 is 26.8 Å². The first-order chi connectivity index (χ1) is 3.92. The summed E-state index contributed by atoms with van der Waals surface area (Å²) >= 11 is 0. The predicted molar refractivity (Wildman–Crippen MR) is 30.8 cm³/mol. The van der Waals surface area contributed by atoms with Crippen LogP contribution in [0.1, 0.15) is 12.8 Å². The summed E-state index contributed by atoms with van der Waals surface area (Å²) in [5, 5.41) is 24.8. The van der Waals surface area contributed by atoms with Crippen LogP contribution in [0.5, 0.6) is 0 Å². The Labute approximate surface area is 52.9 Å². The molecule has 0 aromatic heterocycles. The molecule has 0 spiro atoms. The van der Waals surface area contributed by atoms with Crippen LogP contribution in [0.4, 0.5) is 0 Å². The summed E-state index contributed by atoms with van der Waals surface area (Å²) in [6.45, 7) is 0. The van der Waals surface area contributed by atoms with Crippen molar-refractivity contribution in [1.29, 1.82) is 0 Å². The van der Waals surface area contributed by atoms with E-state index >= 15 is 0 Å². The van der Waals surface area contributed by atoms with Gasteiger partial charge in [0, 0.05) is 6.42 Å². The number of hydrogen-bond donors (Lipinski definition) is 5. The standard InChI is InChI=1S/C4H12N2O3/c5-3(6)1-2-4(7,8)9/h3,7-9H,1-2,5-6H2. The van der Waals surface area contributed by atoms with E-state index in [4.69, 9.17) is 26.8 Å². The molecular weight excluding hydrogens is 124 g/mol. The first kappa shape index (κ1) is 8.80. The lowest BCUT2D eigenvalue weighted by Gasteiger charge is -2.14. The Balaban J connectivity index is 3.28. The Bertz CT molecular complexity index is 78.4. The summed E-state index contributed by atoms with van der Waals surface area (Å²) < 4.78 is 0. The van der Waals surface area contributed by atoms with E-state index in [1.807, 2.05) is 0 Å². The predicted octanol–water partition coefficient (Wildman–Crippen LogP) is -2.36. The van der Waals surface area contributed by atoms with Crippen LogP contribution in [-0.4, -0.2) is 27.5 Å². The van der Waals surface area contributed by atoms with Gasteiger partial charge in [-0.05, 0) is 6.42 Å². The van der Waals surface area contributed by atoms with Gasteiger partial charge in [-0.25, -0.2) is 0 Å². The van der Waals surface area contributed by atoms with E-state index in [9.17, 15) is 0 Å². The highest BCUT2D eigenvalue weighted by molar-refractivity contribution is 4.54. The molecule has 0 aliphatic carbocycles. The van der Waals surface area contributed by atoms with E-state index in [1.54, 1.807) is 0 Å². The van der Waals surface area contributed by atoms with Gasteiger partial charge in [-0.1, -0.05) is 0 Å². The molecular formula is C4H12N2O3. The Morgan fingerprint density at radius 1 is 1.22 bits per heavy atom. The van der Waals surface area contributed by atoms with Crippen molar-refractivity contribution < 1.29 is 15.3 Å². The summed E-state index contributed by atoms with van der Waals surface area (Å²) in [7, 11) is 0. The molecule has 0 heterocycles. The molecule has 56 valence electrons. The average Bonchev–Trinajstić information content (AvgIpc) is 1.59. The van der Waals surface area contributed by atoms with E-state index in [1.165, 1.54) is 0 Å². The molecule has 0 bridgehead atoms. The van der Waals surface area contributed by atoms with Crippen molar-refractivity contribution in [2.45, 2.75) is 25.0 Å². The Hall–Kier alpha value is -0.200. The van der Waals surface area contributed by atoms with Gasteiger partial charge >= 0.3 is 0 Å². The lowest BCUT2D eigenvalue weighted by atomic mass is 10.2. The van der Waals surface area contributed by atoms with Crippen LogP contribution in [0.3, 0.4) is 0 Å². The van der Waals surface area contributed by atoms with Crippen LogP contribution in [0.2, 0.25) is 0 Å². The van der Waals surface area contributed by atoms with Gasteiger partial charge in [0.05, 0.1) is 6.17 Å². The third kappa shape index (κ3) is 7.80. The fourth-order valence-electron chi connectivity index (χ4n) is 0.360. The second-order valence-corrected chi connectivity index (χ2v) is 1.98. The highest BCUT2D eigenvalue weighted by atomic mass is 16.7. The minimum absolute atomic E-state index is 0.170. The smallest absolute Gasteiger partial charge is 0.275 e. The van der Waals surface area contributed by atoms with Crippen molar-refractivity contribution in [2.75, 3.05) is 0 Å². The van der Waals surface area contributed by atoms with Crippen LogP contribution in [0, 0.1) is 0 Å². The van der Waals surface area contributed by atoms with Crippen LogP contribution in [-0.2, 0) is 0 Å². The van der Waals surface area contributed by atoms with Crippen molar-refractivity contribution in [3.63, 3.8) is 0 Å². The summed E-state index contributed by atoms with van der Waals surface area (Å²) in [4.78, 5) is 0. The molecule has 0 saturated heterocycles. The van der Waals surface area contributed by atoms with Gasteiger partial charge in [0.1, 0.15) is 0 Å². The Kier molecular flexibility index (Phi) is 3.02. The summed E-state index contributed by atoms with van der Waals surface area (Å²) in [5.74, 6) is -2.63. The topological polar surface area (TPSA) is 113 Å². The Morgan fingerprint density at radius 3 is 1.78 bits per heavy atom. The van der Waals surface area contributed by atoms with Crippen LogP contribution >= 0.6 is 0 Å². The van der Waals surface area contributed by atoms with E-state index in [-0.39, 0.29) is 12.8 Å². The molecule has 0 rings (SSSR count). The lowest BCUT2D eigenvalue weighted by Crippen LogP contribution is -2.35. The van der Waals surface area contributed by atoms with Gasteiger partial charge in [-0.15, -0.1) is 0 Å². The van der Waals surface area contributed by atoms with Crippen molar-refractivity contribution in [3.05, 3.63) is 0 Å². The molecule has 0 aliphatic rings. The first-order valence-corrected chi connectivity index (χ1v) is 2.60. The fourth-order valence-corrected chi connectivity index (χ4v) is 0.360. The van der Waals surface area contributed by atoms with Crippen LogP contribution < -0.4 is 11.5 Å². The van der Waals surface area contributed by atoms with Crippen LogP contribution in [0.25, 0.3) is 0 Å². The normalized spacial score (nSPS) is 12.7. The van der Waals surface area contributed by atoms with Crippen molar-refractivity contribution in [3.8, 4) is 0 Å². The third-order valence-corrected chi connectivity index (χ3v) is 0.813. The van der Waals surface area contributed by atoms with Crippen molar-refractivity contribution in [1.82, 2.24) is 0 Å². The van der Waals surface area contributed by atoms with Gasteiger partial charge in [0.2, 0.25) is 0 Å². The molecule has 0 radical (unpaired) electrons. The molecule has 0 amide bonds. The SMILES string of the molecule is NC(N)CCC(O)(O)O. The average molecular weight is 136 g/mol. The number of aliphatic hydroxyl groups is 3. The molecule has 0 aromatic rings. The van der Waals surface area contributed by atoms with Gasteiger partial charge in [-0.2, -0.15) is 0 Å². The molecule has 0 saturated carbocycles. The summed E-state index contributed by atoms with van der Waals surface area (Å²) in [6, 6.07) is 0. The van der Waals surface area contributed by atoms with E-state index in [0.717, 1.165) is 0 Å². The van der Waals surface area contributed by atoms with Crippen molar-refractivity contribution >= 4 is 0 Å². The largest absolute Gasteiger partial charge is 0.344 e. The van der Waals surface area contributed by atoms with E-state index < -0.39 is 12.1 Å². The first-order valence-electron chi connectivity index (χ1n) is 2.60. The molecule has 0 aliphatic heterocycles. The second kappa shape index (κ2) is 3.09. The quantitative estimate of drug-likeness (QED) is 0.279. The minimum atomic E-state index is -2.63. The lowest BCUT2D eigenvalue weighted by molar-refractivity contribution is -0.315. The monoisotopic (exact) mass is 136 g/mol. The maximum atomic E-state index is 8.27. The van der Waals surface area contributed by atoms with Gasteiger partial charge in [-0.3, -0.25) is 0 Å². The van der Waals surface area contributed by atoms with Crippen molar-refractivity contribution in [2.24, 2.45) is 11.5 Å². The van der Waals surface area contributed by atoms with Gasteiger partial charge in [0.15, 0.2) is 0 Å². The number of nitrogens with two attached hydrogens (primary N) is 2. The maximum Gasteiger partial charge on any atom is 0.275 e. The van der Waals surface area contributed by atoms with E-state index in [0.29, 0.717) is 0 Å². The number of rotatable bonds is 3. The molecule has 0 fully saturated rings. The zero-order chi connectivity index (χ0) is 7.49. The minimum Gasteiger partial charge on any atom is -0.344 e. The highest BCUT2D eigenvalue weighted by Gasteiger charge is 2.17. The molecule has 0 aromatic carbocycles. The fraction of sp³-hybridized carbons (Fsp3) is 1.00. The zero-order valence-corrected chi connectivity index (χ0v) is 4.99. The second-order valence-electron chi connectivity index (χ2n) is 1.98. The Morgan fingerprint density at radius 2 is 1.67 bits per heavy atom. The van der Waals surface area contributed by atoms with Crippen LogP contribution in [0.15, 0.2) is 0 Å². The van der Waals surface area contributed by atoms with Gasteiger partial charge in [0.25, 0.3) is 5.97 Å². The third-order valence-electron chi connectivity index (χ3n) is 0.813. The summed E-state index contributed by atoms with van der Waals surface area (Å²) in [5.41, 5.74) is 10.1. The molecule has 5 heteroatoms. The molecule has 5 nitrogen and oxygen atoms in total. The molecule has 0 atom stereocenters. The molecule has 9 heavy (non-hydrogen) atoms. The molecule has 7 N–H and O–H groups in total. The maximum absolute atomic E-state index is 8.27. The van der Waals surface area contributed by atoms with E-state index in [2.05, 4.69) is 0 Å². The zero-order valence-electron chi connectivity index (χ0n) is 4.99. The number of hydrogen-bond acceptors (Lipinski definition) is 5.